The highest BCUT2D eigenvalue weighted by Gasteiger charge is 2.09. The van der Waals surface area contributed by atoms with Gasteiger partial charge in [-0.05, 0) is 37.5 Å². The normalized spacial score (nSPS) is 19.1. The molecular formula is C13H15N3. The molecule has 0 heterocycles. The zero-order valence-electron chi connectivity index (χ0n) is 9.11. The lowest BCUT2D eigenvalue weighted by Crippen LogP contribution is -2.20. The molecule has 0 saturated carbocycles. The van der Waals surface area contributed by atoms with Gasteiger partial charge in [0.25, 0.3) is 0 Å². The molecule has 1 aromatic rings. The Morgan fingerprint density at radius 2 is 2.25 bits per heavy atom. The van der Waals surface area contributed by atoms with Crippen molar-refractivity contribution >= 4 is 11.4 Å². The summed E-state index contributed by atoms with van der Waals surface area (Å²) in [5, 5.41) is 12.3. The monoisotopic (exact) mass is 213 g/mol. The predicted octanol–water partition coefficient (Wildman–Crippen LogP) is 2.66. The van der Waals surface area contributed by atoms with Crippen molar-refractivity contribution in [2.24, 2.45) is 0 Å². The summed E-state index contributed by atoms with van der Waals surface area (Å²) in [5.74, 6) is 0. The number of nitrogens with two attached hydrogens (primary N) is 1. The molecule has 0 aliphatic heterocycles. The molecule has 0 saturated heterocycles. The van der Waals surface area contributed by atoms with Gasteiger partial charge in [0.2, 0.25) is 0 Å². The first-order valence-corrected chi connectivity index (χ1v) is 5.51. The van der Waals surface area contributed by atoms with E-state index in [1.165, 1.54) is 0 Å². The molecule has 0 aromatic heterocycles. The number of anilines is 2. The summed E-state index contributed by atoms with van der Waals surface area (Å²) in [4.78, 5) is 0. The minimum atomic E-state index is 0.472. The van der Waals surface area contributed by atoms with Crippen LogP contribution in [0.2, 0.25) is 0 Å². The van der Waals surface area contributed by atoms with Crippen molar-refractivity contribution in [2.45, 2.75) is 25.3 Å². The number of nitriles is 1. The molecule has 1 aliphatic carbocycles. The van der Waals surface area contributed by atoms with Crippen molar-refractivity contribution < 1.29 is 0 Å². The Labute approximate surface area is 95.6 Å². The Hall–Kier alpha value is -1.95. The summed E-state index contributed by atoms with van der Waals surface area (Å²) in [6.07, 6.45) is 7.72. The van der Waals surface area contributed by atoms with Gasteiger partial charge in [0.05, 0.1) is 5.56 Å². The van der Waals surface area contributed by atoms with Crippen LogP contribution in [0.15, 0.2) is 30.4 Å². The quantitative estimate of drug-likeness (QED) is 0.586. The fourth-order valence-electron chi connectivity index (χ4n) is 1.90. The molecule has 2 rings (SSSR count). The number of rotatable bonds is 2. The smallest absolute Gasteiger partial charge is 0.101 e. The van der Waals surface area contributed by atoms with Crippen molar-refractivity contribution in [2.75, 3.05) is 11.1 Å². The third-order valence-corrected chi connectivity index (χ3v) is 2.81. The summed E-state index contributed by atoms with van der Waals surface area (Å²) in [6, 6.07) is 8.08. The molecule has 3 nitrogen and oxygen atoms in total. The van der Waals surface area contributed by atoms with Gasteiger partial charge in [-0.25, -0.2) is 0 Å². The van der Waals surface area contributed by atoms with E-state index in [4.69, 9.17) is 11.0 Å². The molecule has 3 heteroatoms. The van der Waals surface area contributed by atoms with Gasteiger partial charge >= 0.3 is 0 Å². The Bertz CT molecular complexity index is 443. The second-order valence-electron chi connectivity index (χ2n) is 4.04. The number of hydrogen-bond acceptors (Lipinski definition) is 3. The first-order valence-electron chi connectivity index (χ1n) is 5.51. The molecule has 1 unspecified atom stereocenters. The van der Waals surface area contributed by atoms with Crippen LogP contribution in [0, 0.1) is 11.3 Å². The van der Waals surface area contributed by atoms with Crippen LogP contribution in [-0.4, -0.2) is 6.04 Å². The second kappa shape index (κ2) is 4.71. The average Bonchev–Trinajstić information content (AvgIpc) is 2.33. The van der Waals surface area contributed by atoms with Crippen LogP contribution in [0.3, 0.4) is 0 Å². The molecule has 0 amide bonds. The Morgan fingerprint density at radius 1 is 1.38 bits per heavy atom. The Balaban J connectivity index is 2.10. The summed E-state index contributed by atoms with van der Waals surface area (Å²) >= 11 is 0. The van der Waals surface area contributed by atoms with Gasteiger partial charge in [-0.3, -0.25) is 0 Å². The van der Waals surface area contributed by atoms with Crippen LogP contribution in [-0.2, 0) is 0 Å². The number of nitrogens with one attached hydrogen (secondary N) is 1. The van der Waals surface area contributed by atoms with Crippen LogP contribution in [0.25, 0.3) is 0 Å². The van der Waals surface area contributed by atoms with Crippen molar-refractivity contribution in [3.63, 3.8) is 0 Å². The van der Waals surface area contributed by atoms with Crippen LogP contribution >= 0.6 is 0 Å². The lowest BCUT2D eigenvalue weighted by Gasteiger charge is -2.20. The molecule has 3 N–H and O–H groups in total. The predicted molar refractivity (Wildman–Crippen MR) is 66.0 cm³/mol. The third-order valence-electron chi connectivity index (χ3n) is 2.81. The Morgan fingerprint density at radius 3 is 2.94 bits per heavy atom. The van der Waals surface area contributed by atoms with Gasteiger partial charge in [0.1, 0.15) is 6.07 Å². The van der Waals surface area contributed by atoms with Crippen molar-refractivity contribution in [3.8, 4) is 6.07 Å². The second-order valence-corrected chi connectivity index (χ2v) is 4.04. The number of hydrogen-bond donors (Lipinski definition) is 2. The Kier molecular flexibility index (Phi) is 3.11. The maximum atomic E-state index is 8.88. The van der Waals surface area contributed by atoms with E-state index in [1.807, 2.05) is 12.1 Å². The van der Waals surface area contributed by atoms with Gasteiger partial charge in [0.15, 0.2) is 0 Å². The van der Waals surface area contributed by atoms with Gasteiger partial charge in [-0.15, -0.1) is 0 Å². The van der Waals surface area contributed by atoms with Gasteiger partial charge in [-0.2, -0.15) is 5.26 Å². The van der Waals surface area contributed by atoms with E-state index in [1.54, 1.807) is 6.07 Å². The number of benzene rings is 1. The number of nitrogens with zero attached hydrogens (tertiary/aromatic N) is 1. The van der Waals surface area contributed by atoms with Crippen LogP contribution in [0.4, 0.5) is 11.4 Å². The summed E-state index contributed by atoms with van der Waals surface area (Å²) in [5.41, 5.74) is 7.73. The average molecular weight is 213 g/mol. The van der Waals surface area contributed by atoms with Gasteiger partial charge in [0, 0.05) is 17.4 Å². The van der Waals surface area contributed by atoms with Gasteiger partial charge in [-0.1, -0.05) is 12.2 Å². The molecule has 1 atom stereocenters. The molecule has 1 aliphatic rings. The minimum Gasteiger partial charge on any atom is -0.398 e. The van der Waals surface area contributed by atoms with E-state index in [0.29, 0.717) is 17.3 Å². The summed E-state index contributed by atoms with van der Waals surface area (Å²) in [6.45, 7) is 0. The molecule has 1 aromatic carbocycles. The summed E-state index contributed by atoms with van der Waals surface area (Å²) < 4.78 is 0. The molecule has 82 valence electrons. The largest absolute Gasteiger partial charge is 0.398 e. The number of allylic oxidation sites excluding steroid dienone is 1. The van der Waals surface area contributed by atoms with Crippen LogP contribution in [0.1, 0.15) is 24.8 Å². The highest BCUT2D eigenvalue weighted by molar-refractivity contribution is 5.62. The first-order chi connectivity index (χ1) is 7.79. The summed E-state index contributed by atoms with van der Waals surface area (Å²) in [7, 11) is 0. The molecule has 0 fully saturated rings. The lowest BCUT2D eigenvalue weighted by atomic mass is 10.0. The topological polar surface area (TPSA) is 61.8 Å². The maximum Gasteiger partial charge on any atom is 0.101 e. The molecule has 16 heavy (non-hydrogen) atoms. The fraction of sp³-hybridized carbons (Fsp3) is 0.308. The van der Waals surface area contributed by atoms with Crippen LogP contribution in [0.5, 0.6) is 0 Å². The molecule has 0 bridgehead atoms. The molecule has 0 radical (unpaired) electrons. The van der Waals surface area contributed by atoms with E-state index in [-0.39, 0.29) is 0 Å². The zero-order chi connectivity index (χ0) is 11.4. The lowest BCUT2D eigenvalue weighted by molar-refractivity contribution is 0.645. The zero-order valence-corrected chi connectivity index (χ0v) is 9.11. The van der Waals surface area contributed by atoms with Crippen molar-refractivity contribution in [1.29, 1.82) is 5.26 Å². The first kappa shape index (κ1) is 10.6. The maximum absolute atomic E-state index is 8.88. The minimum absolute atomic E-state index is 0.472. The SMILES string of the molecule is N#Cc1cc(NC2CC=CCC2)ccc1N. The highest BCUT2D eigenvalue weighted by atomic mass is 14.9. The number of nitrogen functional groups attached to an aromatic ring is 1. The molecule has 0 spiro atoms. The fourth-order valence-corrected chi connectivity index (χ4v) is 1.90. The van der Waals surface area contributed by atoms with E-state index in [9.17, 15) is 0 Å². The van der Waals surface area contributed by atoms with Crippen molar-refractivity contribution in [3.05, 3.63) is 35.9 Å². The third kappa shape index (κ3) is 2.34. The van der Waals surface area contributed by atoms with Crippen molar-refractivity contribution in [1.82, 2.24) is 0 Å². The van der Waals surface area contributed by atoms with Crippen LogP contribution < -0.4 is 11.1 Å². The van der Waals surface area contributed by atoms with Gasteiger partial charge < -0.3 is 11.1 Å². The van der Waals surface area contributed by atoms with E-state index in [2.05, 4.69) is 23.5 Å². The molecular weight excluding hydrogens is 198 g/mol. The van der Waals surface area contributed by atoms with E-state index < -0.39 is 0 Å². The van der Waals surface area contributed by atoms with E-state index >= 15 is 0 Å². The standard InChI is InChI=1S/C13H15N3/c14-9-10-8-12(6-7-13(10)15)16-11-4-2-1-3-5-11/h1-2,6-8,11,16H,3-5,15H2. The highest BCUT2D eigenvalue weighted by Crippen LogP contribution is 2.20. The van der Waals surface area contributed by atoms with E-state index in [0.717, 1.165) is 24.9 Å².